The molecule has 0 aliphatic rings. The van der Waals surface area contributed by atoms with Gasteiger partial charge in [0, 0.05) is 6.54 Å². The van der Waals surface area contributed by atoms with Crippen LogP contribution in [0.25, 0.3) is 10.2 Å². The van der Waals surface area contributed by atoms with Crippen molar-refractivity contribution in [1.29, 1.82) is 0 Å². The largest absolute Gasteiger partial charge is 0.477 e. The number of fused-ring (bicyclic) bond motifs is 1. The SMILES string of the molecule is Cc1c(C(=O)O)sc2[nH]c(=O)n(CC(C)C)c(=O)c12. The molecular weight excluding hydrogens is 268 g/mol. The van der Waals surface area contributed by atoms with Crippen LogP contribution in [0.15, 0.2) is 9.59 Å². The summed E-state index contributed by atoms with van der Waals surface area (Å²) < 4.78 is 1.12. The third-order valence-corrected chi connectivity index (χ3v) is 4.01. The summed E-state index contributed by atoms with van der Waals surface area (Å²) in [6, 6.07) is 0. The number of carboxylic acid groups (broad SMARTS) is 1. The van der Waals surface area contributed by atoms with Crippen molar-refractivity contribution in [2.75, 3.05) is 0 Å². The van der Waals surface area contributed by atoms with E-state index in [4.69, 9.17) is 5.11 Å². The van der Waals surface area contributed by atoms with Gasteiger partial charge in [-0.25, -0.2) is 9.59 Å². The second-order valence-electron chi connectivity index (χ2n) is 4.81. The van der Waals surface area contributed by atoms with E-state index >= 15 is 0 Å². The lowest BCUT2D eigenvalue weighted by Gasteiger charge is -2.07. The molecule has 0 fully saturated rings. The number of hydrogen-bond acceptors (Lipinski definition) is 4. The van der Waals surface area contributed by atoms with Crippen molar-refractivity contribution in [2.24, 2.45) is 5.92 Å². The van der Waals surface area contributed by atoms with Gasteiger partial charge in [-0.1, -0.05) is 13.8 Å². The smallest absolute Gasteiger partial charge is 0.346 e. The quantitative estimate of drug-likeness (QED) is 0.890. The zero-order valence-electron chi connectivity index (χ0n) is 10.8. The Balaban J connectivity index is 2.84. The summed E-state index contributed by atoms with van der Waals surface area (Å²) in [6.07, 6.45) is 0. The van der Waals surface area contributed by atoms with Crippen molar-refractivity contribution in [3.8, 4) is 0 Å². The fourth-order valence-electron chi connectivity index (χ4n) is 1.99. The number of aromatic carboxylic acids is 1. The van der Waals surface area contributed by atoms with Crippen molar-refractivity contribution in [3.05, 3.63) is 31.3 Å². The highest BCUT2D eigenvalue weighted by atomic mass is 32.1. The first-order valence-electron chi connectivity index (χ1n) is 5.82. The van der Waals surface area contributed by atoms with Crippen molar-refractivity contribution in [1.82, 2.24) is 9.55 Å². The Hall–Kier alpha value is -1.89. The first kappa shape index (κ1) is 13.5. The first-order valence-corrected chi connectivity index (χ1v) is 6.64. The molecule has 0 radical (unpaired) electrons. The Morgan fingerprint density at radius 1 is 1.42 bits per heavy atom. The van der Waals surface area contributed by atoms with Gasteiger partial charge in [0.15, 0.2) is 0 Å². The number of H-pyrrole nitrogens is 1. The molecule has 0 aliphatic heterocycles. The van der Waals surface area contributed by atoms with Gasteiger partial charge in [0.05, 0.1) is 5.39 Å². The summed E-state index contributed by atoms with van der Waals surface area (Å²) in [7, 11) is 0. The average molecular weight is 282 g/mol. The van der Waals surface area contributed by atoms with E-state index in [0.717, 1.165) is 15.9 Å². The molecular formula is C12H14N2O4S. The molecule has 102 valence electrons. The predicted octanol–water partition coefficient (Wildman–Crippen LogP) is 1.41. The lowest BCUT2D eigenvalue weighted by molar-refractivity contribution is 0.0701. The second kappa shape index (κ2) is 4.65. The van der Waals surface area contributed by atoms with Crippen LogP contribution in [-0.4, -0.2) is 20.6 Å². The minimum Gasteiger partial charge on any atom is -0.477 e. The third kappa shape index (κ3) is 2.21. The van der Waals surface area contributed by atoms with Gasteiger partial charge in [0.25, 0.3) is 5.56 Å². The number of aryl methyl sites for hydroxylation is 1. The molecule has 0 unspecified atom stereocenters. The molecule has 7 heteroatoms. The summed E-state index contributed by atoms with van der Waals surface area (Å²) in [6.45, 7) is 5.70. The Bertz CT molecular complexity index is 766. The highest BCUT2D eigenvalue weighted by Gasteiger charge is 2.19. The molecule has 2 rings (SSSR count). The number of rotatable bonds is 3. The lowest BCUT2D eigenvalue weighted by atomic mass is 10.2. The average Bonchev–Trinajstić information content (AvgIpc) is 2.61. The van der Waals surface area contributed by atoms with Gasteiger partial charge in [0.1, 0.15) is 9.71 Å². The molecule has 2 aromatic rings. The van der Waals surface area contributed by atoms with E-state index in [9.17, 15) is 14.4 Å². The molecule has 0 bridgehead atoms. The van der Waals surface area contributed by atoms with E-state index in [1.807, 2.05) is 13.8 Å². The first-order chi connectivity index (χ1) is 8.82. The van der Waals surface area contributed by atoms with Crippen molar-refractivity contribution < 1.29 is 9.90 Å². The number of nitrogens with zero attached hydrogens (tertiary/aromatic N) is 1. The molecule has 0 amide bonds. The molecule has 0 saturated heterocycles. The Labute approximate surface area is 112 Å². The van der Waals surface area contributed by atoms with Gasteiger partial charge < -0.3 is 5.11 Å². The highest BCUT2D eigenvalue weighted by Crippen LogP contribution is 2.25. The van der Waals surface area contributed by atoms with Gasteiger partial charge in [-0.3, -0.25) is 14.3 Å². The maximum atomic E-state index is 12.3. The van der Waals surface area contributed by atoms with E-state index in [-0.39, 0.29) is 10.8 Å². The molecule has 0 saturated carbocycles. The summed E-state index contributed by atoms with van der Waals surface area (Å²) in [5, 5.41) is 9.35. The summed E-state index contributed by atoms with van der Waals surface area (Å²) in [4.78, 5) is 38.2. The minimum atomic E-state index is -1.09. The lowest BCUT2D eigenvalue weighted by Crippen LogP contribution is -2.36. The molecule has 6 nitrogen and oxygen atoms in total. The zero-order valence-corrected chi connectivity index (χ0v) is 11.6. The molecule has 0 aromatic carbocycles. The fraction of sp³-hybridized carbons (Fsp3) is 0.417. The van der Waals surface area contributed by atoms with Crippen LogP contribution in [0.3, 0.4) is 0 Å². The summed E-state index contributed by atoms with van der Waals surface area (Å²) >= 11 is 0.919. The van der Waals surface area contributed by atoms with E-state index in [0.29, 0.717) is 22.3 Å². The molecule has 2 N–H and O–H groups in total. The third-order valence-electron chi connectivity index (χ3n) is 2.81. The maximum absolute atomic E-state index is 12.3. The van der Waals surface area contributed by atoms with Crippen molar-refractivity contribution in [2.45, 2.75) is 27.3 Å². The van der Waals surface area contributed by atoms with E-state index in [1.54, 1.807) is 6.92 Å². The number of aromatic nitrogens is 2. The molecule has 2 aromatic heterocycles. The molecule has 2 heterocycles. The number of nitrogens with one attached hydrogen (secondary N) is 1. The van der Waals surface area contributed by atoms with Crippen LogP contribution < -0.4 is 11.2 Å². The number of thiophene rings is 1. The van der Waals surface area contributed by atoms with Crippen LogP contribution in [0.2, 0.25) is 0 Å². The maximum Gasteiger partial charge on any atom is 0.346 e. The van der Waals surface area contributed by atoms with Crippen LogP contribution >= 0.6 is 11.3 Å². The number of hydrogen-bond donors (Lipinski definition) is 2. The van der Waals surface area contributed by atoms with Gasteiger partial charge in [-0.2, -0.15) is 0 Å². The minimum absolute atomic E-state index is 0.0880. The second-order valence-corrected chi connectivity index (χ2v) is 5.83. The standard InChI is InChI=1S/C12H14N2O4S/c1-5(2)4-14-10(15)7-6(3)8(11(16)17)19-9(7)13-12(14)18/h5H,4H2,1-3H3,(H,13,18)(H,16,17). The zero-order chi connectivity index (χ0) is 14.3. The van der Waals surface area contributed by atoms with Crippen LogP contribution in [0, 0.1) is 12.8 Å². The summed E-state index contributed by atoms with van der Waals surface area (Å²) in [5.41, 5.74) is -0.510. The van der Waals surface area contributed by atoms with Crippen LogP contribution in [0.1, 0.15) is 29.1 Å². The molecule has 0 spiro atoms. The topological polar surface area (TPSA) is 92.2 Å². The van der Waals surface area contributed by atoms with Crippen LogP contribution in [-0.2, 0) is 6.54 Å². The Morgan fingerprint density at radius 3 is 2.58 bits per heavy atom. The van der Waals surface area contributed by atoms with E-state index in [1.165, 1.54) is 0 Å². The van der Waals surface area contributed by atoms with Gasteiger partial charge in [-0.15, -0.1) is 11.3 Å². The van der Waals surface area contributed by atoms with Crippen LogP contribution in [0.5, 0.6) is 0 Å². The van der Waals surface area contributed by atoms with Crippen molar-refractivity contribution >= 4 is 27.5 Å². The van der Waals surface area contributed by atoms with Crippen molar-refractivity contribution in [3.63, 3.8) is 0 Å². The summed E-state index contributed by atoms with van der Waals surface area (Å²) in [5.74, 6) is -0.941. The van der Waals surface area contributed by atoms with Gasteiger partial charge in [0.2, 0.25) is 0 Å². The number of aromatic amines is 1. The van der Waals surface area contributed by atoms with E-state index < -0.39 is 17.2 Å². The number of carboxylic acids is 1. The van der Waals surface area contributed by atoms with Crippen LogP contribution in [0.4, 0.5) is 0 Å². The number of carbonyl (C=O) groups is 1. The normalized spacial score (nSPS) is 11.4. The highest BCUT2D eigenvalue weighted by molar-refractivity contribution is 7.20. The molecule has 0 atom stereocenters. The monoisotopic (exact) mass is 282 g/mol. The van der Waals surface area contributed by atoms with Gasteiger partial charge >= 0.3 is 11.7 Å². The van der Waals surface area contributed by atoms with Gasteiger partial charge in [-0.05, 0) is 18.4 Å². The Kier molecular flexibility index (Phi) is 3.32. The molecule has 0 aliphatic carbocycles. The molecule has 19 heavy (non-hydrogen) atoms. The predicted molar refractivity (Wildman–Crippen MR) is 73.2 cm³/mol. The Morgan fingerprint density at radius 2 is 2.05 bits per heavy atom. The fourth-order valence-corrected chi connectivity index (χ4v) is 3.01. The van der Waals surface area contributed by atoms with E-state index in [2.05, 4.69) is 4.98 Å².